The molecule has 196 valence electrons. The van der Waals surface area contributed by atoms with Crippen LogP contribution in [0.3, 0.4) is 0 Å². The maximum Gasteiger partial charge on any atom is 0.417 e. The number of amides is 2. The molecule has 15 heteroatoms. The SMILES string of the molecule is C[C@H]1[C@@H](c2ccc(F)c(F)c2OC(F)F)[C@H](C(=O)Nc2cc[n+](O)c(C(N)=O)c2)O[C@@]1(C)C(F)(F)F. The Morgan fingerprint density at radius 1 is 1.25 bits per heavy atom. The lowest BCUT2D eigenvalue weighted by Crippen LogP contribution is -2.47. The van der Waals surface area contributed by atoms with E-state index in [0.29, 0.717) is 17.7 Å². The van der Waals surface area contributed by atoms with E-state index in [1.165, 1.54) is 0 Å². The molecule has 2 amide bonds. The number of pyridine rings is 1. The van der Waals surface area contributed by atoms with Crippen molar-refractivity contribution in [2.75, 3.05) is 5.32 Å². The van der Waals surface area contributed by atoms with Gasteiger partial charge in [0.05, 0.1) is 5.69 Å². The molecular weight excluding hydrogens is 507 g/mol. The average molecular weight is 526 g/mol. The Labute approximate surface area is 198 Å². The molecule has 8 nitrogen and oxygen atoms in total. The molecule has 2 heterocycles. The maximum atomic E-state index is 14.4. The summed E-state index contributed by atoms with van der Waals surface area (Å²) in [5.41, 5.74) is 0.713. The predicted molar refractivity (Wildman–Crippen MR) is 105 cm³/mol. The Morgan fingerprint density at radius 2 is 1.89 bits per heavy atom. The third-order valence-electron chi connectivity index (χ3n) is 6.03. The van der Waals surface area contributed by atoms with Crippen molar-refractivity contribution in [3.8, 4) is 5.75 Å². The average Bonchev–Trinajstić information content (AvgIpc) is 3.04. The highest BCUT2D eigenvalue weighted by Crippen LogP contribution is 2.55. The molecule has 4 N–H and O–H groups in total. The van der Waals surface area contributed by atoms with Crippen LogP contribution in [-0.4, -0.2) is 41.5 Å². The summed E-state index contributed by atoms with van der Waals surface area (Å²) in [6.07, 6.45) is -6.25. The van der Waals surface area contributed by atoms with Crippen LogP contribution in [-0.2, 0) is 9.53 Å². The number of hydrogen-bond donors (Lipinski definition) is 3. The van der Waals surface area contributed by atoms with Crippen LogP contribution < -0.4 is 20.5 Å². The smallest absolute Gasteiger partial charge is 0.417 e. The second kappa shape index (κ2) is 9.44. The molecule has 0 unspecified atom stereocenters. The van der Waals surface area contributed by atoms with Crippen LogP contribution in [0.2, 0.25) is 0 Å². The van der Waals surface area contributed by atoms with Gasteiger partial charge in [-0.05, 0) is 13.0 Å². The summed E-state index contributed by atoms with van der Waals surface area (Å²) in [5, 5.41) is 11.8. The van der Waals surface area contributed by atoms with Crippen LogP contribution in [0.1, 0.15) is 35.8 Å². The van der Waals surface area contributed by atoms with Crippen molar-refractivity contribution < 1.29 is 59.7 Å². The molecule has 36 heavy (non-hydrogen) atoms. The molecule has 1 saturated heterocycles. The molecule has 1 aliphatic rings. The van der Waals surface area contributed by atoms with E-state index >= 15 is 0 Å². The minimum atomic E-state index is -5.07. The zero-order chi connectivity index (χ0) is 27.2. The van der Waals surface area contributed by atoms with Crippen molar-refractivity contribution in [3.63, 3.8) is 0 Å². The van der Waals surface area contributed by atoms with Gasteiger partial charge in [0.25, 0.3) is 5.91 Å². The van der Waals surface area contributed by atoms with Crippen molar-refractivity contribution in [1.29, 1.82) is 0 Å². The van der Waals surface area contributed by atoms with E-state index in [9.17, 15) is 45.5 Å². The summed E-state index contributed by atoms with van der Waals surface area (Å²) < 4.78 is 105. The molecule has 1 aromatic heterocycles. The standard InChI is InChI=1S/C21H18F7N3O5/c1-8-13(10-3-4-11(22)14(23)15(10)35-19(24)25)16(36-20(8,2)21(26,27)28)18(33)30-9-5-6-31(34)12(7-9)17(29)32/h3-8,13,16,19,34H,1-2H3,(H2,29,32)/p+1/t8-,13-,16+,20+/m0/s1. The minimum absolute atomic E-state index is 0.205. The Kier molecular flexibility index (Phi) is 7.08. The van der Waals surface area contributed by atoms with E-state index in [1.807, 2.05) is 0 Å². The van der Waals surface area contributed by atoms with Gasteiger partial charge >= 0.3 is 24.4 Å². The van der Waals surface area contributed by atoms with Crippen molar-refractivity contribution >= 4 is 17.5 Å². The van der Waals surface area contributed by atoms with Gasteiger partial charge in [0.2, 0.25) is 12.0 Å². The lowest BCUT2D eigenvalue weighted by Gasteiger charge is -2.32. The summed E-state index contributed by atoms with van der Waals surface area (Å²) in [6, 6.07) is 3.18. The van der Waals surface area contributed by atoms with Crippen molar-refractivity contribution in [2.24, 2.45) is 11.7 Å². The van der Waals surface area contributed by atoms with E-state index in [2.05, 4.69) is 10.1 Å². The quantitative estimate of drug-likeness (QED) is 0.304. The Balaban J connectivity index is 2.11. The first-order valence-corrected chi connectivity index (χ1v) is 10.1. The fourth-order valence-corrected chi connectivity index (χ4v) is 4.01. The number of carbonyl (C=O) groups is 2. The van der Waals surface area contributed by atoms with E-state index in [0.717, 1.165) is 31.3 Å². The number of rotatable bonds is 6. The van der Waals surface area contributed by atoms with E-state index in [-0.39, 0.29) is 5.69 Å². The summed E-state index contributed by atoms with van der Waals surface area (Å²) in [7, 11) is 0. The monoisotopic (exact) mass is 526 g/mol. The molecule has 2 aromatic rings. The number of nitrogens with zero attached hydrogens (tertiary/aromatic N) is 1. The Hall–Kier alpha value is -3.62. The number of carbonyl (C=O) groups excluding carboxylic acids is 2. The second-order valence-electron chi connectivity index (χ2n) is 8.11. The van der Waals surface area contributed by atoms with Gasteiger partial charge in [-0.2, -0.15) is 26.3 Å². The van der Waals surface area contributed by atoms with Crippen molar-refractivity contribution in [1.82, 2.24) is 0 Å². The molecule has 0 radical (unpaired) electrons. The zero-order valence-corrected chi connectivity index (χ0v) is 18.4. The summed E-state index contributed by atoms with van der Waals surface area (Å²) >= 11 is 0. The first kappa shape index (κ1) is 27.0. The normalized spacial score (nSPS) is 24.1. The van der Waals surface area contributed by atoms with Gasteiger partial charge in [-0.15, -0.1) is 0 Å². The Bertz CT molecular complexity index is 1190. The largest absolute Gasteiger partial charge is 0.431 e. The summed E-state index contributed by atoms with van der Waals surface area (Å²) in [6.45, 7) is -2.05. The molecular formula is C21H19F7N3O5+. The number of halogens is 7. The van der Waals surface area contributed by atoms with E-state index < -0.39 is 76.8 Å². The van der Waals surface area contributed by atoms with Gasteiger partial charge in [-0.3, -0.25) is 14.8 Å². The van der Waals surface area contributed by atoms with E-state index in [4.69, 9.17) is 10.5 Å². The molecule has 1 aliphatic heterocycles. The van der Waals surface area contributed by atoms with Gasteiger partial charge in [0, 0.05) is 34.3 Å². The third kappa shape index (κ3) is 4.74. The van der Waals surface area contributed by atoms with Crippen LogP contribution >= 0.6 is 0 Å². The van der Waals surface area contributed by atoms with Gasteiger partial charge in [-0.25, -0.2) is 4.39 Å². The highest BCUT2D eigenvalue weighted by Gasteiger charge is 2.66. The van der Waals surface area contributed by atoms with Crippen LogP contribution in [0, 0.1) is 17.6 Å². The lowest BCUT2D eigenvalue weighted by molar-refractivity contribution is -0.905. The van der Waals surface area contributed by atoms with Crippen LogP contribution in [0.15, 0.2) is 30.5 Å². The molecule has 1 aromatic carbocycles. The third-order valence-corrected chi connectivity index (χ3v) is 6.03. The van der Waals surface area contributed by atoms with Crippen LogP contribution in [0.4, 0.5) is 36.4 Å². The van der Waals surface area contributed by atoms with Gasteiger partial charge < -0.3 is 20.5 Å². The number of aromatic nitrogens is 1. The number of primary amides is 1. The van der Waals surface area contributed by atoms with Crippen LogP contribution in [0.5, 0.6) is 5.75 Å². The number of hydrogen-bond acceptors (Lipinski definition) is 5. The molecule has 0 saturated carbocycles. The molecule has 0 spiro atoms. The van der Waals surface area contributed by atoms with E-state index in [1.54, 1.807) is 0 Å². The fraction of sp³-hybridized carbons (Fsp3) is 0.381. The number of alkyl halides is 5. The lowest BCUT2D eigenvalue weighted by atomic mass is 9.77. The van der Waals surface area contributed by atoms with Gasteiger partial charge in [0.1, 0.15) is 6.10 Å². The molecule has 1 fully saturated rings. The number of nitrogens with two attached hydrogens (primary N) is 1. The fourth-order valence-electron chi connectivity index (χ4n) is 4.01. The molecule has 4 atom stereocenters. The number of anilines is 1. The van der Waals surface area contributed by atoms with Crippen LogP contribution in [0.25, 0.3) is 0 Å². The summed E-state index contributed by atoms with van der Waals surface area (Å²) in [5.74, 6) is -10.7. The molecule has 0 aliphatic carbocycles. The van der Waals surface area contributed by atoms with Gasteiger partial charge in [0.15, 0.2) is 17.2 Å². The van der Waals surface area contributed by atoms with Crippen molar-refractivity contribution in [3.05, 3.63) is 53.4 Å². The van der Waals surface area contributed by atoms with Gasteiger partial charge in [-0.1, -0.05) is 13.0 Å². The number of ether oxygens (including phenoxy) is 2. The molecule has 3 rings (SSSR count). The highest BCUT2D eigenvalue weighted by atomic mass is 19.4. The topological polar surface area (TPSA) is 115 Å². The maximum absolute atomic E-state index is 14.4. The summed E-state index contributed by atoms with van der Waals surface area (Å²) in [4.78, 5) is 24.5. The zero-order valence-electron chi connectivity index (χ0n) is 18.4. The second-order valence-corrected chi connectivity index (χ2v) is 8.11. The number of benzene rings is 1. The molecule has 0 bridgehead atoms. The predicted octanol–water partition coefficient (Wildman–Crippen LogP) is 3.27. The first-order chi connectivity index (χ1) is 16.6. The Morgan fingerprint density at radius 3 is 2.44 bits per heavy atom. The number of nitrogens with one attached hydrogen (secondary N) is 1. The first-order valence-electron chi connectivity index (χ1n) is 10.1. The minimum Gasteiger partial charge on any atom is -0.431 e. The highest BCUT2D eigenvalue weighted by molar-refractivity contribution is 5.97. The van der Waals surface area contributed by atoms with Crippen molar-refractivity contribution in [2.45, 2.75) is 44.3 Å².